The van der Waals surface area contributed by atoms with Crippen molar-refractivity contribution in [1.29, 1.82) is 0 Å². The van der Waals surface area contributed by atoms with E-state index in [-0.39, 0.29) is 6.61 Å². The van der Waals surface area contributed by atoms with E-state index in [0.29, 0.717) is 16.3 Å². The zero-order valence-electron chi connectivity index (χ0n) is 16.4. The Morgan fingerprint density at radius 2 is 1.76 bits per heavy atom. The number of fused-ring (bicyclic) bond motifs is 1. The molecule has 0 aliphatic rings. The average Bonchev–Trinajstić information content (AvgIpc) is 3.16. The van der Waals surface area contributed by atoms with Gasteiger partial charge in [-0.1, -0.05) is 61.0 Å². The van der Waals surface area contributed by atoms with Crippen molar-refractivity contribution in [2.75, 3.05) is 6.61 Å². The third-order valence-electron chi connectivity index (χ3n) is 4.88. The molecule has 29 heavy (non-hydrogen) atoms. The van der Waals surface area contributed by atoms with Crippen molar-refractivity contribution in [2.45, 2.75) is 20.3 Å². The first kappa shape index (κ1) is 19.2. The van der Waals surface area contributed by atoms with Crippen molar-refractivity contribution in [2.24, 2.45) is 0 Å². The van der Waals surface area contributed by atoms with Crippen molar-refractivity contribution in [3.05, 3.63) is 83.0 Å². The van der Waals surface area contributed by atoms with Crippen LogP contribution < -0.4 is 0 Å². The molecular formula is C24H21ClN2O2. The SMILES string of the molecule is CCOC(=O)c1c(-c2ccccc2)nn2c(CC)ccc2c1-c1cccc(Cl)c1. The van der Waals surface area contributed by atoms with E-state index in [4.69, 9.17) is 21.4 Å². The second-order valence-electron chi connectivity index (χ2n) is 6.67. The third-order valence-corrected chi connectivity index (χ3v) is 5.11. The standard InChI is InChI=1S/C24H21ClN2O2/c1-3-19-13-14-20-21(17-11-8-12-18(25)15-17)22(24(28)29-4-2)23(26-27(19)20)16-9-6-5-7-10-16/h5-15H,3-4H2,1-2H3. The van der Waals surface area contributed by atoms with Gasteiger partial charge in [-0.15, -0.1) is 0 Å². The Morgan fingerprint density at radius 3 is 2.45 bits per heavy atom. The molecule has 0 fully saturated rings. The van der Waals surface area contributed by atoms with E-state index in [0.717, 1.165) is 34.3 Å². The van der Waals surface area contributed by atoms with Crippen LogP contribution in [0.2, 0.25) is 5.02 Å². The molecule has 0 saturated heterocycles. The summed E-state index contributed by atoms with van der Waals surface area (Å²) in [5.74, 6) is -0.393. The second kappa shape index (κ2) is 8.10. The van der Waals surface area contributed by atoms with Crippen LogP contribution >= 0.6 is 11.6 Å². The fourth-order valence-electron chi connectivity index (χ4n) is 3.58. The lowest BCUT2D eigenvalue weighted by Gasteiger charge is -2.17. The largest absolute Gasteiger partial charge is 0.462 e. The smallest absolute Gasteiger partial charge is 0.341 e. The molecule has 5 heteroatoms. The quantitative estimate of drug-likeness (QED) is 0.379. The first-order chi connectivity index (χ1) is 14.1. The number of rotatable bonds is 5. The molecule has 0 saturated carbocycles. The van der Waals surface area contributed by atoms with Gasteiger partial charge in [0.2, 0.25) is 0 Å². The minimum Gasteiger partial charge on any atom is -0.462 e. The molecule has 2 aromatic heterocycles. The Morgan fingerprint density at radius 1 is 1.00 bits per heavy atom. The van der Waals surface area contributed by atoms with E-state index in [9.17, 15) is 4.79 Å². The van der Waals surface area contributed by atoms with Crippen LogP contribution in [0.3, 0.4) is 0 Å². The maximum Gasteiger partial charge on any atom is 0.341 e. The van der Waals surface area contributed by atoms with Gasteiger partial charge in [0.15, 0.2) is 0 Å². The fraction of sp³-hybridized carbons (Fsp3) is 0.167. The number of carbonyl (C=O) groups excluding carboxylic acids is 1. The van der Waals surface area contributed by atoms with E-state index in [2.05, 4.69) is 6.92 Å². The summed E-state index contributed by atoms with van der Waals surface area (Å²) < 4.78 is 7.36. The molecule has 0 N–H and O–H groups in total. The van der Waals surface area contributed by atoms with E-state index in [1.165, 1.54) is 0 Å². The van der Waals surface area contributed by atoms with Gasteiger partial charge in [-0.3, -0.25) is 0 Å². The predicted molar refractivity (Wildman–Crippen MR) is 116 cm³/mol. The van der Waals surface area contributed by atoms with Gasteiger partial charge < -0.3 is 4.74 Å². The highest BCUT2D eigenvalue weighted by molar-refractivity contribution is 6.31. The van der Waals surface area contributed by atoms with E-state index >= 15 is 0 Å². The molecule has 0 radical (unpaired) electrons. The van der Waals surface area contributed by atoms with Gasteiger partial charge in [-0.2, -0.15) is 5.10 Å². The molecule has 4 nitrogen and oxygen atoms in total. The van der Waals surface area contributed by atoms with Crippen LogP contribution in [0.1, 0.15) is 29.9 Å². The number of esters is 1. The number of benzene rings is 2. The van der Waals surface area contributed by atoms with E-state index in [1.807, 2.05) is 71.2 Å². The third kappa shape index (κ3) is 3.52. The number of halogens is 1. The van der Waals surface area contributed by atoms with Gasteiger partial charge in [0.05, 0.1) is 17.7 Å². The molecule has 0 aliphatic heterocycles. The summed E-state index contributed by atoms with van der Waals surface area (Å²) in [7, 11) is 0. The van der Waals surface area contributed by atoms with Gasteiger partial charge in [0.25, 0.3) is 0 Å². The average molecular weight is 405 g/mol. The van der Waals surface area contributed by atoms with Crippen LogP contribution in [0.15, 0.2) is 66.7 Å². The Labute approximate surface area is 174 Å². The lowest BCUT2D eigenvalue weighted by Crippen LogP contribution is -2.13. The highest BCUT2D eigenvalue weighted by atomic mass is 35.5. The normalized spacial score (nSPS) is 11.0. The minimum atomic E-state index is -0.393. The van der Waals surface area contributed by atoms with Crippen LogP contribution in [0.25, 0.3) is 27.9 Å². The van der Waals surface area contributed by atoms with E-state index < -0.39 is 5.97 Å². The summed E-state index contributed by atoms with van der Waals surface area (Å²) in [6, 6.07) is 21.3. The molecule has 0 spiro atoms. The van der Waals surface area contributed by atoms with Gasteiger partial charge >= 0.3 is 5.97 Å². The van der Waals surface area contributed by atoms with Crippen molar-refractivity contribution < 1.29 is 9.53 Å². The molecule has 4 rings (SSSR count). The highest BCUT2D eigenvalue weighted by Gasteiger charge is 2.25. The van der Waals surface area contributed by atoms with Gasteiger partial charge in [-0.05, 0) is 43.2 Å². The zero-order chi connectivity index (χ0) is 20.4. The number of hydrogen-bond donors (Lipinski definition) is 0. The summed E-state index contributed by atoms with van der Waals surface area (Å²) in [6.45, 7) is 4.18. The first-order valence-electron chi connectivity index (χ1n) is 9.67. The van der Waals surface area contributed by atoms with Crippen LogP contribution in [-0.2, 0) is 11.2 Å². The number of carbonyl (C=O) groups is 1. The number of aryl methyl sites for hydroxylation is 1. The van der Waals surface area contributed by atoms with Crippen molar-refractivity contribution >= 4 is 23.1 Å². The number of aromatic nitrogens is 2. The molecular weight excluding hydrogens is 384 g/mol. The zero-order valence-corrected chi connectivity index (χ0v) is 17.1. The molecule has 0 bridgehead atoms. The second-order valence-corrected chi connectivity index (χ2v) is 7.11. The monoisotopic (exact) mass is 404 g/mol. The molecule has 146 valence electrons. The number of nitrogens with zero attached hydrogens (tertiary/aromatic N) is 2. The summed E-state index contributed by atoms with van der Waals surface area (Å²) in [5, 5.41) is 5.48. The summed E-state index contributed by atoms with van der Waals surface area (Å²) in [4.78, 5) is 13.1. The molecule has 4 aromatic rings. The molecule has 2 heterocycles. The number of hydrogen-bond acceptors (Lipinski definition) is 3. The van der Waals surface area contributed by atoms with Crippen molar-refractivity contribution in [3.63, 3.8) is 0 Å². The van der Waals surface area contributed by atoms with E-state index in [1.54, 1.807) is 6.92 Å². The summed E-state index contributed by atoms with van der Waals surface area (Å²) >= 11 is 6.29. The molecule has 0 atom stereocenters. The Hall–Kier alpha value is -3.11. The van der Waals surface area contributed by atoms with Crippen molar-refractivity contribution in [1.82, 2.24) is 9.61 Å². The van der Waals surface area contributed by atoms with Crippen LogP contribution in [0, 0.1) is 0 Å². The van der Waals surface area contributed by atoms with Crippen LogP contribution in [0.5, 0.6) is 0 Å². The van der Waals surface area contributed by atoms with Crippen LogP contribution in [0.4, 0.5) is 0 Å². The fourth-order valence-corrected chi connectivity index (χ4v) is 3.77. The highest BCUT2D eigenvalue weighted by Crippen LogP contribution is 2.36. The summed E-state index contributed by atoms with van der Waals surface area (Å²) in [5.41, 5.74) is 5.45. The van der Waals surface area contributed by atoms with Crippen molar-refractivity contribution in [3.8, 4) is 22.4 Å². The maximum absolute atomic E-state index is 13.1. The first-order valence-corrected chi connectivity index (χ1v) is 10.0. The molecule has 0 amide bonds. The lowest BCUT2D eigenvalue weighted by atomic mass is 9.95. The lowest BCUT2D eigenvalue weighted by molar-refractivity contribution is 0.0527. The number of ether oxygens (including phenoxy) is 1. The summed E-state index contributed by atoms with van der Waals surface area (Å²) in [6.07, 6.45) is 0.823. The molecule has 0 aliphatic carbocycles. The Balaban J connectivity index is 2.16. The van der Waals surface area contributed by atoms with Gasteiger partial charge in [0, 0.05) is 21.8 Å². The Bertz CT molecular complexity index is 1180. The predicted octanol–water partition coefficient (Wildman–Crippen LogP) is 6.06. The van der Waals surface area contributed by atoms with Crippen LogP contribution in [-0.4, -0.2) is 22.2 Å². The minimum absolute atomic E-state index is 0.286. The van der Waals surface area contributed by atoms with Gasteiger partial charge in [0.1, 0.15) is 5.69 Å². The Kier molecular flexibility index (Phi) is 5.36. The molecule has 0 unspecified atom stereocenters. The topological polar surface area (TPSA) is 43.6 Å². The molecule has 2 aromatic carbocycles. The maximum atomic E-state index is 13.1. The van der Waals surface area contributed by atoms with Gasteiger partial charge in [-0.25, -0.2) is 9.31 Å².